The smallest absolute Gasteiger partial charge is 0.340 e. The first-order valence-corrected chi connectivity index (χ1v) is 8.18. The lowest BCUT2D eigenvalue weighted by Crippen LogP contribution is -2.36. The van der Waals surface area contributed by atoms with Crippen molar-refractivity contribution < 1.29 is 14.7 Å². The van der Waals surface area contributed by atoms with E-state index < -0.39 is 6.03 Å². The standard InChI is InChI=1S/C19H22N2O3/c1-20-19(22)21(23)11-10-15-13-18(15)14-6-5-9-17(12-14)24-16-7-3-2-4-8-16/h2-9,12,15,18,23H,10-11,13H2,1H3,(H,20,22). The summed E-state index contributed by atoms with van der Waals surface area (Å²) in [7, 11) is 1.50. The number of nitrogens with one attached hydrogen (secondary N) is 1. The number of hydroxylamine groups is 2. The SMILES string of the molecule is CNC(=O)N(O)CCC1CC1c1cccc(Oc2ccccc2)c1. The van der Waals surface area contributed by atoms with Crippen LogP contribution in [0.25, 0.3) is 0 Å². The monoisotopic (exact) mass is 326 g/mol. The summed E-state index contributed by atoms with van der Waals surface area (Å²) >= 11 is 0. The first-order chi connectivity index (χ1) is 11.7. The highest BCUT2D eigenvalue weighted by Crippen LogP contribution is 2.50. The molecule has 24 heavy (non-hydrogen) atoms. The Hall–Kier alpha value is -2.53. The van der Waals surface area contributed by atoms with Gasteiger partial charge in [-0.2, -0.15) is 0 Å². The molecule has 1 aliphatic carbocycles. The summed E-state index contributed by atoms with van der Waals surface area (Å²) in [4.78, 5) is 11.3. The Morgan fingerprint density at radius 1 is 1.21 bits per heavy atom. The second-order valence-corrected chi connectivity index (χ2v) is 6.06. The van der Waals surface area contributed by atoms with Crippen LogP contribution in [-0.4, -0.2) is 29.9 Å². The minimum absolute atomic E-state index is 0.348. The number of rotatable bonds is 6. The van der Waals surface area contributed by atoms with Gasteiger partial charge < -0.3 is 10.1 Å². The highest BCUT2D eigenvalue weighted by molar-refractivity contribution is 5.72. The van der Waals surface area contributed by atoms with E-state index in [9.17, 15) is 10.0 Å². The zero-order valence-corrected chi connectivity index (χ0v) is 13.7. The molecule has 0 spiro atoms. The molecule has 2 N–H and O–H groups in total. The Labute approximate surface area is 141 Å². The summed E-state index contributed by atoms with van der Waals surface area (Å²) in [6.45, 7) is 0.348. The Morgan fingerprint density at radius 3 is 2.71 bits per heavy atom. The third kappa shape index (κ3) is 4.06. The number of benzene rings is 2. The van der Waals surface area contributed by atoms with Gasteiger partial charge in [-0.1, -0.05) is 30.3 Å². The van der Waals surface area contributed by atoms with E-state index in [0.717, 1.165) is 29.4 Å². The minimum atomic E-state index is -0.467. The van der Waals surface area contributed by atoms with Gasteiger partial charge in [-0.3, -0.25) is 5.21 Å². The first-order valence-electron chi connectivity index (χ1n) is 8.18. The van der Waals surface area contributed by atoms with E-state index in [1.165, 1.54) is 12.6 Å². The van der Waals surface area contributed by atoms with Crippen molar-refractivity contribution in [2.45, 2.75) is 18.8 Å². The Kier molecular flexibility index (Phi) is 5.01. The van der Waals surface area contributed by atoms with Gasteiger partial charge in [0.05, 0.1) is 6.54 Å². The van der Waals surface area contributed by atoms with Gasteiger partial charge in [0.2, 0.25) is 0 Å². The fraction of sp³-hybridized carbons (Fsp3) is 0.316. The van der Waals surface area contributed by atoms with E-state index in [-0.39, 0.29) is 0 Å². The summed E-state index contributed by atoms with van der Waals surface area (Å²) in [5.74, 6) is 2.63. The number of ether oxygens (including phenoxy) is 1. The number of urea groups is 1. The zero-order valence-electron chi connectivity index (χ0n) is 13.7. The largest absolute Gasteiger partial charge is 0.457 e. The lowest BCUT2D eigenvalue weighted by atomic mass is 10.1. The Bertz CT molecular complexity index is 690. The van der Waals surface area contributed by atoms with Crippen molar-refractivity contribution >= 4 is 6.03 Å². The average molecular weight is 326 g/mol. The average Bonchev–Trinajstić information content (AvgIpc) is 3.40. The number of carbonyl (C=O) groups is 1. The zero-order chi connectivity index (χ0) is 16.9. The van der Waals surface area contributed by atoms with Crippen LogP contribution in [0.15, 0.2) is 54.6 Å². The normalized spacial score (nSPS) is 18.8. The summed E-state index contributed by atoms with van der Waals surface area (Å²) in [6, 6.07) is 17.4. The highest BCUT2D eigenvalue weighted by Gasteiger charge is 2.38. The molecule has 126 valence electrons. The molecule has 5 heteroatoms. The van der Waals surface area contributed by atoms with Crippen LogP contribution in [-0.2, 0) is 0 Å². The quantitative estimate of drug-likeness (QED) is 0.623. The maximum absolute atomic E-state index is 11.3. The maximum atomic E-state index is 11.3. The number of para-hydroxylation sites is 1. The first kappa shape index (κ1) is 16.3. The van der Waals surface area contributed by atoms with Crippen LogP contribution in [0.5, 0.6) is 11.5 Å². The highest BCUT2D eigenvalue weighted by atomic mass is 16.5. The molecule has 0 aliphatic heterocycles. The van der Waals surface area contributed by atoms with Crippen molar-refractivity contribution in [1.29, 1.82) is 0 Å². The van der Waals surface area contributed by atoms with Gasteiger partial charge in [-0.05, 0) is 54.5 Å². The molecule has 2 aromatic rings. The van der Waals surface area contributed by atoms with Crippen LogP contribution < -0.4 is 10.1 Å². The lowest BCUT2D eigenvalue weighted by molar-refractivity contribution is -0.0440. The van der Waals surface area contributed by atoms with Crippen molar-refractivity contribution in [3.05, 3.63) is 60.2 Å². The molecule has 2 amide bonds. The summed E-state index contributed by atoms with van der Waals surface area (Å²) < 4.78 is 5.88. The predicted octanol–water partition coefficient (Wildman–Crippen LogP) is 4.00. The van der Waals surface area contributed by atoms with E-state index in [0.29, 0.717) is 18.4 Å². The van der Waals surface area contributed by atoms with Crippen molar-refractivity contribution in [1.82, 2.24) is 10.4 Å². The van der Waals surface area contributed by atoms with Crippen LogP contribution in [0, 0.1) is 5.92 Å². The van der Waals surface area contributed by atoms with Gasteiger partial charge in [-0.15, -0.1) is 0 Å². The molecule has 1 fully saturated rings. The van der Waals surface area contributed by atoms with E-state index in [1.807, 2.05) is 42.5 Å². The van der Waals surface area contributed by atoms with Crippen LogP contribution in [0.4, 0.5) is 4.79 Å². The third-order valence-corrected chi connectivity index (χ3v) is 4.35. The maximum Gasteiger partial charge on any atom is 0.340 e. The van der Waals surface area contributed by atoms with Gasteiger partial charge in [0.1, 0.15) is 11.5 Å². The van der Waals surface area contributed by atoms with Gasteiger partial charge in [0.25, 0.3) is 0 Å². The van der Waals surface area contributed by atoms with Crippen LogP contribution >= 0.6 is 0 Å². The van der Waals surface area contributed by atoms with Crippen molar-refractivity contribution in [3.8, 4) is 11.5 Å². The minimum Gasteiger partial charge on any atom is -0.457 e. The molecule has 1 aliphatic rings. The fourth-order valence-electron chi connectivity index (χ4n) is 2.93. The summed E-state index contributed by atoms with van der Waals surface area (Å²) in [5.41, 5.74) is 1.25. The number of amides is 2. The van der Waals surface area contributed by atoms with Gasteiger partial charge >= 0.3 is 6.03 Å². The van der Waals surface area contributed by atoms with E-state index in [2.05, 4.69) is 17.4 Å². The van der Waals surface area contributed by atoms with E-state index in [4.69, 9.17) is 4.74 Å². The van der Waals surface area contributed by atoms with E-state index in [1.54, 1.807) is 0 Å². The van der Waals surface area contributed by atoms with Crippen LogP contribution in [0.3, 0.4) is 0 Å². The van der Waals surface area contributed by atoms with Crippen molar-refractivity contribution in [2.24, 2.45) is 5.92 Å². The molecule has 2 atom stereocenters. The van der Waals surface area contributed by atoms with Gasteiger partial charge in [0.15, 0.2) is 0 Å². The van der Waals surface area contributed by atoms with Crippen LogP contribution in [0.1, 0.15) is 24.3 Å². The second kappa shape index (κ2) is 7.36. The van der Waals surface area contributed by atoms with Crippen LogP contribution in [0.2, 0.25) is 0 Å². The number of nitrogens with zero attached hydrogens (tertiary/aromatic N) is 1. The molecular formula is C19H22N2O3. The molecule has 1 saturated carbocycles. The Balaban J connectivity index is 1.55. The number of carbonyl (C=O) groups excluding carboxylic acids is 1. The molecule has 5 nitrogen and oxygen atoms in total. The molecule has 0 radical (unpaired) electrons. The molecule has 2 aromatic carbocycles. The topological polar surface area (TPSA) is 61.8 Å². The molecule has 0 saturated heterocycles. The van der Waals surface area contributed by atoms with Crippen molar-refractivity contribution in [2.75, 3.05) is 13.6 Å². The molecular weight excluding hydrogens is 304 g/mol. The van der Waals surface area contributed by atoms with Gasteiger partial charge in [0, 0.05) is 7.05 Å². The number of hydrogen-bond acceptors (Lipinski definition) is 3. The fourth-order valence-corrected chi connectivity index (χ4v) is 2.93. The third-order valence-electron chi connectivity index (χ3n) is 4.35. The molecule has 3 rings (SSSR count). The van der Waals surface area contributed by atoms with E-state index >= 15 is 0 Å². The lowest BCUT2D eigenvalue weighted by Gasteiger charge is -2.13. The Morgan fingerprint density at radius 2 is 1.96 bits per heavy atom. The summed E-state index contributed by atoms with van der Waals surface area (Å²) in [5, 5.41) is 12.7. The summed E-state index contributed by atoms with van der Waals surface area (Å²) in [6.07, 6.45) is 1.87. The molecule has 0 aromatic heterocycles. The van der Waals surface area contributed by atoms with Gasteiger partial charge in [-0.25, -0.2) is 9.86 Å². The van der Waals surface area contributed by atoms with Crippen molar-refractivity contribution in [3.63, 3.8) is 0 Å². The second-order valence-electron chi connectivity index (χ2n) is 6.06. The predicted molar refractivity (Wildman–Crippen MR) is 91.4 cm³/mol. The molecule has 2 unspecified atom stereocenters. The number of hydrogen-bond donors (Lipinski definition) is 2. The molecule has 0 heterocycles. The molecule has 0 bridgehead atoms.